The summed E-state index contributed by atoms with van der Waals surface area (Å²) in [6.07, 6.45) is 0.891. The van der Waals surface area contributed by atoms with Crippen LogP contribution in [-0.2, 0) is 28.1 Å². The second kappa shape index (κ2) is 21.1. The van der Waals surface area contributed by atoms with Crippen LogP contribution in [-0.4, -0.2) is 15.8 Å². The van der Waals surface area contributed by atoms with Gasteiger partial charge in [0.05, 0.1) is 22.1 Å². The molecule has 0 spiro atoms. The quantitative estimate of drug-likeness (QED) is 0.148. The predicted molar refractivity (Wildman–Crippen MR) is 398 cm³/mol. The average Bonchev–Trinajstić information content (AvgIpc) is 0.816. The molecule has 2 aliphatic rings. The van der Waals surface area contributed by atoms with E-state index in [0.717, 1.165) is 29.2 Å². The van der Waals surface area contributed by atoms with E-state index < -0.39 is 0 Å². The topological polar surface area (TPSA) is 16.3 Å². The summed E-state index contributed by atoms with van der Waals surface area (Å²) < 4.78 is 5.08. The minimum absolute atomic E-state index is 0.00331. The van der Waals surface area contributed by atoms with Crippen molar-refractivity contribution in [2.75, 3.05) is 9.80 Å². The zero-order valence-electron chi connectivity index (χ0n) is 56.5. The Balaban J connectivity index is 1.02. The lowest BCUT2D eigenvalue weighted by molar-refractivity contribution is 0.411. The van der Waals surface area contributed by atoms with Crippen LogP contribution in [0.4, 0.5) is 34.1 Å². The van der Waals surface area contributed by atoms with E-state index in [1.165, 1.54) is 133 Å². The predicted octanol–water partition coefficient (Wildman–Crippen LogP) is 22.1. The maximum absolute atomic E-state index is 2.62. The number of aromatic nitrogens is 2. The van der Waals surface area contributed by atoms with Crippen molar-refractivity contribution >= 4 is 101 Å². The lowest BCUT2D eigenvalue weighted by Crippen LogP contribution is -2.61. The number of nitrogens with zero attached hydrogens (tertiary/aromatic N) is 4. The van der Waals surface area contributed by atoms with Gasteiger partial charge in [0.25, 0.3) is 6.71 Å². The van der Waals surface area contributed by atoms with Crippen molar-refractivity contribution in [3.05, 3.63) is 258 Å². The van der Waals surface area contributed by atoms with Gasteiger partial charge in [0.1, 0.15) is 0 Å². The fraction of sp³-hybridized carbons (Fsp3) is 0.241. The van der Waals surface area contributed by atoms with E-state index in [9.17, 15) is 0 Å². The number of fused-ring (bicyclic) bond motifs is 10. The van der Waals surface area contributed by atoms with Crippen LogP contribution in [0.2, 0.25) is 0 Å². The van der Waals surface area contributed by atoms with Crippen LogP contribution in [0, 0.1) is 5.41 Å². The van der Waals surface area contributed by atoms with E-state index in [4.69, 9.17) is 0 Å². The highest BCUT2D eigenvalue weighted by Crippen LogP contribution is 2.49. The van der Waals surface area contributed by atoms with Crippen LogP contribution in [0.5, 0.6) is 0 Å². The van der Waals surface area contributed by atoms with E-state index in [1.807, 2.05) is 0 Å². The first-order valence-electron chi connectivity index (χ1n) is 33.3. The molecule has 0 bridgehead atoms. The summed E-state index contributed by atoms with van der Waals surface area (Å²) in [7, 11) is 0. The van der Waals surface area contributed by atoms with Gasteiger partial charge >= 0.3 is 0 Å². The zero-order chi connectivity index (χ0) is 64.1. The summed E-state index contributed by atoms with van der Waals surface area (Å²) in [6.45, 7) is 35.0. The second-order valence-electron chi connectivity index (χ2n) is 31.8. The summed E-state index contributed by atoms with van der Waals surface area (Å²) >= 11 is 0. The molecule has 0 amide bonds. The molecule has 2 aromatic heterocycles. The van der Waals surface area contributed by atoms with Gasteiger partial charge in [-0.2, -0.15) is 0 Å². The molecule has 15 rings (SSSR count). The van der Waals surface area contributed by atoms with Gasteiger partial charge in [-0.25, -0.2) is 0 Å². The third kappa shape index (κ3) is 10.1. The van der Waals surface area contributed by atoms with Crippen LogP contribution in [0.25, 0.3) is 77.2 Å². The summed E-state index contributed by atoms with van der Waals surface area (Å²) in [4.78, 5) is 5.23. The Kier molecular flexibility index (Phi) is 13.5. The highest BCUT2D eigenvalue weighted by molar-refractivity contribution is 7.00. The van der Waals surface area contributed by atoms with Crippen LogP contribution in [0.3, 0.4) is 0 Å². The number of rotatable bonds is 7. The Bertz CT molecular complexity index is 4610. The lowest BCUT2D eigenvalue weighted by atomic mass is 9.33. The second-order valence-corrected chi connectivity index (χ2v) is 31.8. The third-order valence-electron chi connectivity index (χ3n) is 19.8. The van der Waals surface area contributed by atoms with Gasteiger partial charge in [0.2, 0.25) is 0 Å². The summed E-state index contributed by atoms with van der Waals surface area (Å²) in [5.41, 5.74) is 29.4. The molecule has 0 atom stereocenters. The van der Waals surface area contributed by atoms with Gasteiger partial charge in [-0.3, -0.25) is 0 Å². The van der Waals surface area contributed by atoms with Crippen molar-refractivity contribution in [1.82, 2.24) is 9.13 Å². The normalized spacial score (nSPS) is 13.6. The molecule has 0 N–H and O–H groups in total. The molecule has 5 heteroatoms. The Morgan fingerprint density at radius 3 is 0.891 bits per heavy atom. The molecular weight excluding hydrogens is 1110 g/mol. The molecular formula is C87H85BN4. The molecule has 456 valence electrons. The van der Waals surface area contributed by atoms with Crippen molar-refractivity contribution < 1.29 is 0 Å². The number of hydrogen-bond acceptors (Lipinski definition) is 2. The van der Waals surface area contributed by atoms with Crippen molar-refractivity contribution in [3.63, 3.8) is 0 Å². The minimum atomic E-state index is -0.111. The molecule has 92 heavy (non-hydrogen) atoms. The third-order valence-corrected chi connectivity index (χ3v) is 19.8. The van der Waals surface area contributed by atoms with Crippen LogP contribution >= 0.6 is 0 Å². The molecule has 13 aromatic rings. The monoisotopic (exact) mass is 1200 g/mol. The number of benzene rings is 11. The standard InChI is InChI=1S/C87H85BN4/c1-83(2,3)54-55-46-80-82-81(47-55)90(65-36-28-59(29-37-65)57-24-20-17-21-25-57)79-53-67(92-76-44-32-62(86(10,11)12)50-70(76)71-51-63(87(13,14)15)33-45-77(71)92)39-41-73(79)88(82)72-40-38-66(52-78(72)89(80)64-34-26-58(27-35-64)56-22-18-16-19-23-56)91-74-42-30-60(84(4,5)6)48-68(74)69-49-61(85(7,8)9)31-43-75(69)91/h16-53H,54H2,1-15H3. The molecule has 0 aliphatic carbocycles. The minimum Gasteiger partial charge on any atom is -0.311 e. The molecule has 2 aliphatic heterocycles. The first kappa shape index (κ1) is 59.0. The first-order valence-corrected chi connectivity index (χ1v) is 33.3. The van der Waals surface area contributed by atoms with Crippen LogP contribution in [0.1, 0.15) is 132 Å². The van der Waals surface area contributed by atoms with Crippen molar-refractivity contribution in [2.24, 2.45) is 5.41 Å². The molecule has 4 heterocycles. The average molecular weight is 1200 g/mol. The SMILES string of the molecule is CC(C)(C)Cc1cc2c3c(c1)N(c1ccc(-c4ccccc4)cc1)c1cc(-n4c5ccc(C(C)(C)C)cc5c5cc(C(C)(C)C)ccc54)ccc1B3c1ccc(-n3c4ccc(C(C)(C)C)cc4c4cc(C(C)(C)C)ccc43)cc1N2c1ccc(-c2ccccc2)cc1. The zero-order valence-corrected chi connectivity index (χ0v) is 56.5. The van der Waals surface area contributed by atoms with Gasteiger partial charge in [-0.15, -0.1) is 0 Å². The highest BCUT2D eigenvalue weighted by atomic mass is 15.2. The van der Waals surface area contributed by atoms with Gasteiger partial charge in [0, 0.05) is 67.0 Å². The molecule has 4 nitrogen and oxygen atoms in total. The molecule has 0 radical (unpaired) electrons. The van der Waals surface area contributed by atoms with E-state index in [0.29, 0.717) is 0 Å². The number of anilines is 6. The largest absolute Gasteiger partial charge is 0.311 e. The summed E-state index contributed by atoms with van der Waals surface area (Å²) in [5.74, 6) is 0. The molecule has 0 saturated carbocycles. The molecule has 11 aromatic carbocycles. The molecule has 0 fully saturated rings. The van der Waals surface area contributed by atoms with Gasteiger partial charge in [-0.1, -0.05) is 225 Å². The number of hydrogen-bond donors (Lipinski definition) is 0. The van der Waals surface area contributed by atoms with Crippen LogP contribution < -0.4 is 26.2 Å². The summed E-state index contributed by atoms with van der Waals surface area (Å²) in [5, 5.41) is 5.14. The van der Waals surface area contributed by atoms with Gasteiger partial charge < -0.3 is 18.9 Å². The maximum atomic E-state index is 2.62. The first-order chi connectivity index (χ1) is 43.7. The Morgan fingerprint density at radius 2 is 0.587 bits per heavy atom. The fourth-order valence-corrected chi connectivity index (χ4v) is 14.9. The molecule has 0 unspecified atom stereocenters. The van der Waals surface area contributed by atoms with Gasteiger partial charge in [0.15, 0.2) is 0 Å². The fourth-order valence-electron chi connectivity index (χ4n) is 14.9. The smallest absolute Gasteiger partial charge is 0.252 e. The van der Waals surface area contributed by atoms with E-state index in [2.05, 4.69) is 353 Å². The summed E-state index contributed by atoms with van der Waals surface area (Å²) in [6, 6.07) is 89.0. The van der Waals surface area contributed by atoms with Crippen molar-refractivity contribution in [2.45, 2.75) is 132 Å². The van der Waals surface area contributed by atoms with E-state index in [-0.39, 0.29) is 33.8 Å². The van der Waals surface area contributed by atoms with Crippen molar-refractivity contribution in [1.29, 1.82) is 0 Å². The van der Waals surface area contributed by atoms with Crippen molar-refractivity contribution in [3.8, 4) is 33.6 Å². The van der Waals surface area contributed by atoms with E-state index in [1.54, 1.807) is 0 Å². The Labute approximate surface area is 545 Å². The van der Waals surface area contributed by atoms with E-state index >= 15 is 0 Å². The Hall–Kier alpha value is -9.32. The van der Waals surface area contributed by atoms with Crippen LogP contribution in [0.15, 0.2) is 231 Å². The lowest BCUT2D eigenvalue weighted by Gasteiger charge is -2.45. The van der Waals surface area contributed by atoms with Gasteiger partial charge in [-0.05, 0) is 209 Å². The Morgan fingerprint density at radius 1 is 0.283 bits per heavy atom. The molecule has 0 saturated heterocycles. The highest BCUT2D eigenvalue weighted by Gasteiger charge is 2.44. The maximum Gasteiger partial charge on any atom is 0.252 e.